The van der Waals surface area contributed by atoms with E-state index in [-0.39, 0.29) is 11.6 Å². The maximum absolute atomic E-state index is 12.0. The SMILES string of the molecule is Cc1ccccc1C(=CCCCNC1CCCc2o[nH]c(=O)c21)c1ccccc1C. The van der Waals surface area contributed by atoms with Gasteiger partial charge in [-0.2, -0.15) is 5.16 Å². The number of hydrogen-bond donors (Lipinski definition) is 2. The summed E-state index contributed by atoms with van der Waals surface area (Å²) in [4.78, 5) is 12.0. The highest BCUT2D eigenvalue weighted by molar-refractivity contribution is 5.82. The Balaban J connectivity index is 1.45. The van der Waals surface area contributed by atoms with E-state index in [4.69, 9.17) is 4.52 Å². The van der Waals surface area contributed by atoms with Gasteiger partial charge in [0.2, 0.25) is 0 Å². The van der Waals surface area contributed by atoms with E-state index >= 15 is 0 Å². The molecule has 1 atom stereocenters. The third kappa shape index (κ3) is 4.34. The second-order valence-electron chi connectivity index (χ2n) is 8.16. The van der Waals surface area contributed by atoms with Gasteiger partial charge in [-0.05, 0) is 73.9 Å². The van der Waals surface area contributed by atoms with Gasteiger partial charge in [0.05, 0.1) is 5.56 Å². The van der Waals surface area contributed by atoms with Gasteiger partial charge in [0.15, 0.2) is 0 Å². The molecule has 1 aromatic heterocycles. The van der Waals surface area contributed by atoms with E-state index in [1.807, 2.05) is 0 Å². The summed E-state index contributed by atoms with van der Waals surface area (Å²) >= 11 is 0. The van der Waals surface area contributed by atoms with Gasteiger partial charge >= 0.3 is 0 Å². The fraction of sp³-hybridized carbons (Fsp3) is 0.346. The molecule has 0 spiro atoms. The lowest BCUT2D eigenvalue weighted by Crippen LogP contribution is -2.29. The molecule has 156 valence electrons. The summed E-state index contributed by atoms with van der Waals surface area (Å²) in [7, 11) is 0. The number of hydrogen-bond acceptors (Lipinski definition) is 3. The van der Waals surface area contributed by atoms with Gasteiger partial charge < -0.3 is 9.84 Å². The molecule has 0 radical (unpaired) electrons. The van der Waals surface area contributed by atoms with Crippen LogP contribution >= 0.6 is 0 Å². The Kier molecular flexibility index (Phi) is 6.34. The van der Waals surface area contributed by atoms with Gasteiger partial charge in [-0.25, -0.2) is 0 Å². The predicted molar refractivity (Wildman–Crippen MR) is 122 cm³/mol. The Morgan fingerprint density at radius 2 is 1.77 bits per heavy atom. The first-order valence-corrected chi connectivity index (χ1v) is 10.9. The molecular formula is C26H30N2O2. The van der Waals surface area contributed by atoms with E-state index in [0.29, 0.717) is 0 Å². The summed E-state index contributed by atoms with van der Waals surface area (Å²) in [6.45, 7) is 5.22. The summed E-state index contributed by atoms with van der Waals surface area (Å²) in [6, 6.07) is 17.3. The van der Waals surface area contributed by atoms with E-state index < -0.39 is 0 Å². The summed E-state index contributed by atoms with van der Waals surface area (Å²) in [5.74, 6) is 0.824. The Labute approximate surface area is 178 Å². The van der Waals surface area contributed by atoms with Crippen LogP contribution in [0, 0.1) is 13.8 Å². The third-order valence-electron chi connectivity index (χ3n) is 6.05. The van der Waals surface area contributed by atoms with Crippen LogP contribution in [0.2, 0.25) is 0 Å². The number of benzene rings is 2. The number of unbranched alkanes of at least 4 members (excludes halogenated alkanes) is 1. The molecule has 4 nitrogen and oxygen atoms in total. The van der Waals surface area contributed by atoms with Crippen LogP contribution < -0.4 is 10.9 Å². The molecule has 0 amide bonds. The normalized spacial score (nSPS) is 15.6. The topological polar surface area (TPSA) is 58.0 Å². The average molecular weight is 403 g/mol. The van der Waals surface area contributed by atoms with Crippen LogP contribution in [0.15, 0.2) is 63.9 Å². The van der Waals surface area contributed by atoms with E-state index in [1.54, 1.807) is 0 Å². The minimum Gasteiger partial charge on any atom is -0.383 e. The zero-order chi connectivity index (χ0) is 20.9. The van der Waals surface area contributed by atoms with Crippen molar-refractivity contribution >= 4 is 5.57 Å². The van der Waals surface area contributed by atoms with Gasteiger partial charge in [-0.1, -0.05) is 54.6 Å². The van der Waals surface area contributed by atoms with Crippen LogP contribution in [0.25, 0.3) is 5.57 Å². The first-order chi connectivity index (χ1) is 14.6. The molecule has 0 saturated carbocycles. The number of aryl methyl sites for hydroxylation is 3. The van der Waals surface area contributed by atoms with Crippen molar-refractivity contribution in [3.05, 3.63) is 98.5 Å². The van der Waals surface area contributed by atoms with Gasteiger partial charge in [0, 0.05) is 12.5 Å². The lowest BCUT2D eigenvalue weighted by atomic mass is 9.91. The molecule has 1 unspecified atom stereocenters. The molecule has 4 rings (SSSR count). The molecule has 2 aromatic carbocycles. The largest absolute Gasteiger partial charge is 0.383 e. The number of nitrogens with one attached hydrogen (secondary N) is 2. The Hall–Kier alpha value is -2.85. The first-order valence-electron chi connectivity index (χ1n) is 10.9. The molecule has 0 aliphatic heterocycles. The highest BCUT2D eigenvalue weighted by atomic mass is 16.5. The van der Waals surface area contributed by atoms with Gasteiger partial charge in [-0.3, -0.25) is 4.79 Å². The van der Waals surface area contributed by atoms with Crippen LogP contribution in [0.4, 0.5) is 0 Å². The van der Waals surface area contributed by atoms with Crippen molar-refractivity contribution in [2.75, 3.05) is 6.54 Å². The molecule has 2 N–H and O–H groups in total. The van der Waals surface area contributed by atoms with Gasteiger partial charge in [-0.15, -0.1) is 0 Å². The number of aromatic nitrogens is 1. The summed E-state index contributed by atoms with van der Waals surface area (Å²) in [5.41, 5.74) is 7.19. The zero-order valence-corrected chi connectivity index (χ0v) is 17.8. The number of fused-ring (bicyclic) bond motifs is 1. The Morgan fingerprint density at radius 1 is 1.10 bits per heavy atom. The monoisotopic (exact) mass is 402 g/mol. The second-order valence-corrected chi connectivity index (χ2v) is 8.16. The Morgan fingerprint density at radius 3 is 2.43 bits per heavy atom. The molecule has 30 heavy (non-hydrogen) atoms. The molecule has 4 heteroatoms. The number of allylic oxidation sites excluding steroid dienone is 1. The molecule has 1 aliphatic carbocycles. The molecule has 3 aromatic rings. The summed E-state index contributed by atoms with van der Waals surface area (Å²) in [6.07, 6.45) is 7.25. The lowest BCUT2D eigenvalue weighted by Gasteiger charge is -2.21. The quantitative estimate of drug-likeness (QED) is 0.516. The molecule has 1 heterocycles. The van der Waals surface area contributed by atoms with E-state index in [9.17, 15) is 4.79 Å². The minimum absolute atomic E-state index is 0.0801. The predicted octanol–water partition coefficient (Wildman–Crippen LogP) is 5.46. The van der Waals surface area contributed by atoms with Crippen molar-refractivity contribution in [1.29, 1.82) is 0 Å². The second kappa shape index (κ2) is 9.31. The molecule has 1 aliphatic rings. The van der Waals surface area contributed by atoms with Crippen molar-refractivity contribution in [3.63, 3.8) is 0 Å². The van der Waals surface area contributed by atoms with Crippen LogP contribution in [-0.4, -0.2) is 11.7 Å². The van der Waals surface area contributed by atoms with Crippen LogP contribution in [0.1, 0.15) is 65.3 Å². The third-order valence-corrected chi connectivity index (χ3v) is 6.05. The number of aromatic amines is 1. The summed E-state index contributed by atoms with van der Waals surface area (Å²) in [5, 5.41) is 6.06. The zero-order valence-electron chi connectivity index (χ0n) is 17.8. The number of H-pyrrole nitrogens is 1. The fourth-order valence-electron chi connectivity index (χ4n) is 4.44. The lowest BCUT2D eigenvalue weighted by molar-refractivity contribution is 0.353. The highest BCUT2D eigenvalue weighted by Gasteiger charge is 2.26. The van der Waals surface area contributed by atoms with Crippen LogP contribution in [0.5, 0.6) is 0 Å². The number of rotatable bonds is 7. The smallest absolute Gasteiger partial charge is 0.284 e. The van der Waals surface area contributed by atoms with Gasteiger partial charge in [0.25, 0.3) is 5.56 Å². The minimum atomic E-state index is -0.0801. The van der Waals surface area contributed by atoms with Crippen LogP contribution in [0.3, 0.4) is 0 Å². The molecule has 0 saturated heterocycles. The van der Waals surface area contributed by atoms with Crippen molar-refractivity contribution in [1.82, 2.24) is 10.5 Å². The van der Waals surface area contributed by atoms with Gasteiger partial charge in [0.1, 0.15) is 5.76 Å². The highest BCUT2D eigenvalue weighted by Crippen LogP contribution is 2.29. The molecule has 0 fully saturated rings. The van der Waals surface area contributed by atoms with Crippen molar-refractivity contribution < 1.29 is 4.52 Å². The average Bonchev–Trinajstić information content (AvgIpc) is 3.14. The summed E-state index contributed by atoms with van der Waals surface area (Å²) < 4.78 is 5.31. The fourth-order valence-corrected chi connectivity index (χ4v) is 4.44. The van der Waals surface area contributed by atoms with E-state index in [1.165, 1.54) is 27.8 Å². The molecule has 0 bridgehead atoms. The maximum Gasteiger partial charge on any atom is 0.284 e. The standard InChI is InChI=1S/C26H30N2O2/c1-18-10-3-5-12-20(18)22(21-13-6-4-11-19(21)2)14-7-8-17-27-23-15-9-16-24-25(23)26(29)28-30-24/h3-6,10-14,23,27H,7-9,15-17H2,1-2H3,(H,28,29). The maximum atomic E-state index is 12.0. The van der Waals surface area contributed by atoms with E-state index in [2.05, 4.69) is 78.9 Å². The van der Waals surface area contributed by atoms with E-state index in [0.717, 1.165) is 50.0 Å². The first kappa shape index (κ1) is 20.4. The van der Waals surface area contributed by atoms with Crippen molar-refractivity contribution in [2.45, 2.75) is 52.0 Å². The van der Waals surface area contributed by atoms with Crippen LogP contribution in [-0.2, 0) is 6.42 Å². The molecular weight excluding hydrogens is 372 g/mol. The van der Waals surface area contributed by atoms with Crippen molar-refractivity contribution in [2.24, 2.45) is 0 Å². The van der Waals surface area contributed by atoms with Crippen molar-refractivity contribution in [3.8, 4) is 0 Å². The Bertz CT molecular complexity index is 1040.